The molecule has 12 heteroatoms. The first-order valence-electron chi connectivity index (χ1n) is 14.4. The number of nitrogens with one attached hydrogen (secondary N) is 1. The smallest absolute Gasteiger partial charge is 0.410 e. The van der Waals surface area contributed by atoms with Crippen molar-refractivity contribution in [2.75, 3.05) is 13.1 Å². The first-order chi connectivity index (χ1) is 20.6. The number of carbonyl (C=O) groups is 1. The summed E-state index contributed by atoms with van der Waals surface area (Å²) < 4.78 is 11.3. The van der Waals surface area contributed by atoms with Crippen molar-refractivity contribution in [2.24, 2.45) is 7.05 Å². The highest BCUT2D eigenvalue weighted by Crippen LogP contribution is 2.27. The van der Waals surface area contributed by atoms with E-state index >= 15 is 0 Å². The Morgan fingerprint density at radius 1 is 0.907 bits per heavy atom. The third kappa shape index (κ3) is 6.27. The number of imidazole rings is 1. The molecule has 1 N–H and O–H groups in total. The molecule has 0 radical (unpaired) electrons. The summed E-state index contributed by atoms with van der Waals surface area (Å²) in [6.45, 7) is 9.06. The van der Waals surface area contributed by atoms with Gasteiger partial charge in [0.15, 0.2) is 0 Å². The standard InChI is InChI=1S/C19H24N6O2.C12H12N4/c1-19(2,3)27-18(26)24-6-4-15(5-7-24)25-12-14(10-22-25)13-8-16-17(20-9-13)11-21-23-16;1-9-5-13-12-4-3-10(8-16(9)12)11-6-14-15(2)7-11/h8-12,15H,4-7H2,1-3H3,(H,21,23);3-8H,1-2H3. The molecule has 1 aliphatic heterocycles. The van der Waals surface area contributed by atoms with Crippen LogP contribution in [0.4, 0.5) is 4.79 Å². The number of carbonyl (C=O) groups excluding carboxylic acids is 1. The Morgan fingerprint density at radius 3 is 2.42 bits per heavy atom. The van der Waals surface area contributed by atoms with Gasteiger partial charge in [-0.05, 0) is 58.7 Å². The van der Waals surface area contributed by atoms with Crippen LogP contribution in [0, 0.1) is 6.92 Å². The van der Waals surface area contributed by atoms with E-state index in [2.05, 4.69) is 47.0 Å². The number of H-pyrrole nitrogens is 1. The molecule has 43 heavy (non-hydrogen) atoms. The summed E-state index contributed by atoms with van der Waals surface area (Å²) in [6.07, 6.45) is 16.8. The molecular formula is C31H36N10O2. The first kappa shape index (κ1) is 28.1. The van der Waals surface area contributed by atoms with E-state index in [1.165, 1.54) is 0 Å². The minimum atomic E-state index is -0.464. The topological polar surface area (TPSA) is 124 Å². The fourth-order valence-electron chi connectivity index (χ4n) is 5.16. The van der Waals surface area contributed by atoms with Crippen molar-refractivity contribution < 1.29 is 9.53 Å². The van der Waals surface area contributed by atoms with Crippen molar-refractivity contribution in [3.8, 4) is 22.3 Å². The van der Waals surface area contributed by atoms with Gasteiger partial charge in [-0.1, -0.05) is 0 Å². The van der Waals surface area contributed by atoms with Crippen LogP contribution in [0.25, 0.3) is 38.9 Å². The number of amides is 1. The van der Waals surface area contributed by atoms with E-state index in [0.717, 1.165) is 57.5 Å². The van der Waals surface area contributed by atoms with Crippen LogP contribution in [-0.4, -0.2) is 73.8 Å². The van der Waals surface area contributed by atoms with Crippen LogP contribution in [0.3, 0.4) is 0 Å². The molecular weight excluding hydrogens is 544 g/mol. The molecule has 7 rings (SSSR count). The van der Waals surface area contributed by atoms with Crippen molar-refractivity contribution >= 4 is 22.8 Å². The molecule has 222 valence electrons. The number of aromatic nitrogens is 9. The summed E-state index contributed by atoms with van der Waals surface area (Å²) in [4.78, 5) is 22.7. The lowest BCUT2D eigenvalue weighted by Gasteiger charge is -2.33. The number of likely N-dealkylation sites (tertiary alicyclic amines) is 1. The number of hydrogen-bond donors (Lipinski definition) is 1. The molecule has 0 aromatic carbocycles. The van der Waals surface area contributed by atoms with Crippen LogP contribution in [0.5, 0.6) is 0 Å². The Kier molecular flexibility index (Phi) is 7.43. The third-order valence-corrected chi connectivity index (χ3v) is 7.44. The molecule has 6 aromatic heterocycles. The van der Waals surface area contributed by atoms with Crippen LogP contribution in [0.2, 0.25) is 0 Å². The van der Waals surface area contributed by atoms with Crippen molar-refractivity contribution in [2.45, 2.75) is 52.2 Å². The minimum Gasteiger partial charge on any atom is -0.444 e. The van der Waals surface area contributed by atoms with E-state index in [9.17, 15) is 4.79 Å². The van der Waals surface area contributed by atoms with E-state index < -0.39 is 5.60 Å². The lowest BCUT2D eigenvalue weighted by molar-refractivity contribution is 0.0185. The molecule has 1 fully saturated rings. The molecule has 0 saturated carbocycles. The summed E-state index contributed by atoms with van der Waals surface area (Å²) in [5.74, 6) is 0. The van der Waals surface area contributed by atoms with Crippen LogP contribution < -0.4 is 0 Å². The third-order valence-electron chi connectivity index (χ3n) is 7.44. The predicted octanol–water partition coefficient (Wildman–Crippen LogP) is 5.44. The van der Waals surface area contributed by atoms with E-state index in [-0.39, 0.29) is 12.1 Å². The van der Waals surface area contributed by atoms with Gasteiger partial charge in [0.1, 0.15) is 16.8 Å². The van der Waals surface area contributed by atoms with Gasteiger partial charge >= 0.3 is 6.09 Å². The number of aromatic amines is 1. The zero-order chi connectivity index (χ0) is 30.1. The molecule has 0 spiro atoms. The van der Waals surface area contributed by atoms with E-state index in [4.69, 9.17) is 4.74 Å². The van der Waals surface area contributed by atoms with Crippen molar-refractivity contribution in [1.29, 1.82) is 0 Å². The molecule has 0 atom stereocenters. The highest BCUT2D eigenvalue weighted by Gasteiger charge is 2.28. The van der Waals surface area contributed by atoms with Crippen LogP contribution in [0.15, 0.2) is 67.8 Å². The number of piperidine rings is 1. The zero-order valence-electron chi connectivity index (χ0n) is 25.1. The minimum absolute atomic E-state index is 0.235. The fraction of sp³-hybridized carbons (Fsp3) is 0.355. The van der Waals surface area contributed by atoms with Crippen molar-refractivity contribution in [1.82, 2.24) is 49.0 Å². The number of pyridine rings is 2. The number of ether oxygens (including phenoxy) is 1. The monoisotopic (exact) mass is 580 g/mol. The molecule has 12 nitrogen and oxygen atoms in total. The quantitative estimate of drug-likeness (QED) is 0.296. The molecule has 6 aromatic rings. The number of rotatable bonds is 3. The van der Waals surface area contributed by atoms with Gasteiger partial charge < -0.3 is 14.0 Å². The summed E-state index contributed by atoms with van der Waals surface area (Å²) in [6, 6.07) is 6.40. The van der Waals surface area contributed by atoms with E-state index in [1.807, 2.05) is 88.7 Å². The second-order valence-corrected chi connectivity index (χ2v) is 11.9. The summed E-state index contributed by atoms with van der Waals surface area (Å²) >= 11 is 0. The summed E-state index contributed by atoms with van der Waals surface area (Å²) in [7, 11) is 1.92. The maximum Gasteiger partial charge on any atom is 0.410 e. The molecule has 1 amide bonds. The van der Waals surface area contributed by atoms with Crippen LogP contribution in [-0.2, 0) is 11.8 Å². The van der Waals surface area contributed by atoms with Gasteiger partial charge in [-0.25, -0.2) is 9.78 Å². The van der Waals surface area contributed by atoms with Crippen LogP contribution >= 0.6 is 0 Å². The maximum atomic E-state index is 12.2. The molecule has 1 saturated heterocycles. The van der Waals surface area contributed by atoms with Gasteiger partial charge in [0.05, 0.1) is 30.1 Å². The maximum absolute atomic E-state index is 12.2. The van der Waals surface area contributed by atoms with Crippen molar-refractivity contribution in [3.05, 3.63) is 73.5 Å². The first-order valence-corrected chi connectivity index (χ1v) is 14.4. The van der Waals surface area contributed by atoms with Gasteiger partial charge in [0.2, 0.25) is 0 Å². The van der Waals surface area contributed by atoms with Gasteiger partial charge in [0.25, 0.3) is 0 Å². The van der Waals surface area contributed by atoms with Gasteiger partial charge in [-0.2, -0.15) is 15.3 Å². The SMILES string of the molecule is CC(C)(C)OC(=O)N1CCC(n2cc(-c3cnc4cn[nH]c4c3)cn2)CC1.Cc1cnc2ccc(-c3cnn(C)c3)cn12. The average Bonchev–Trinajstić information content (AvgIpc) is 3.80. The number of hydrogen-bond acceptors (Lipinski definition) is 7. The fourth-order valence-corrected chi connectivity index (χ4v) is 5.16. The lowest BCUT2D eigenvalue weighted by atomic mass is 10.1. The Labute approximate surface area is 249 Å². The molecule has 0 aliphatic carbocycles. The lowest BCUT2D eigenvalue weighted by Crippen LogP contribution is -2.42. The van der Waals surface area contributed by atoms with Crippen LogP contribution in [0.1, 0.15) is 45.3 Å². The molecule has 0 bridgehead atoms. The number of nitrogens with zero attached hydrogens (tertiary/aromatic N) is 9. The largest absolute Gasteiger partial charge is 0.444 e. The zero-order valence-corrected chi connectivity index (χ0v) is 25.1. The van der Waals surface area contributed by atoms with Gasteiger partial charge in [-0.3, -0.25) is 19.4 Å². The number of aryl methyl sites for hydroxylation is 2. The summed E-state index contributed by atoms with van der Waals surface area (Å²) in [5.41, 5.74) is 7.71. The average molecular weight is 581 g/mol. The van der Waals surface area contributed by atoms with E-state index in [0.29, 0.717) is 13.1 Å². The molecule has 7 heterocycles. The Hall–Kier alpha value is -5.00. The second kappa shape index (κ2) is 11.3. The van der Waals surface area contributed by atoms with E-state index in [1.54, 1.807) is 15.8 Å². The predicted molar refractivity (Wildman–Crippen MR) is 163 cm³/mol. The second-order valence-electron chi connectivity index (χ2n) is 11.9. The Morgan fingerprint density at radius 2 is 1.67 bits per heavy atom. The molecule has 0 unspecified atom stereocenters. The normalized spacial score (nSPS) is 14.2. The van der Waals surface area contributed by atoms with Crippen molar-refractivity contribution in [3.63, 3.8) is 0 Å². The van der Waals surface area contributed by atoms with Gasteiger partial charge in [-0.15, -0.1) is 0 Å². The number of fused-ring (bicyclic) bond motifs is 2. The highest BCUT2D eigenvalue weighted by atomic mass is 16.6. The Balaban J connectivity index is 0.000000174. The highest BCUT2D eigenvalue weighted by molar-refractivity contribution is 5.79. The molecule has 1 aliphatic rings. The Bertz CT molecular complexity index is 1860. The summed E-state index contributed by atoms with van der Waals surface area (Å²) in [5, 5.41) is 15.7. The van der Waals surface area contributed by atoms with Gasteiger partial charge in [0, 0.05) is 79.1 Å².